The first-order valence-electron chi connectivity index (χ1n) is 4.05. The van der Waals surface area contributed by atoms with Gasteiger partial charge in [0.15, 0.2) is 0 Å². The molecule has 3 N–H and O–H groups in total. The Labute approximate surface area is 78.7 Å². The van der Waals surface area contributed by atoms with Gasteiger partial charge in [0.2, 0.25) is 0 Å². The number of carbonyl (C=O) groups is 1. The van der Waals surface area contributed by atoms with Gasteiger partial charge in [0.05, 0.1) is 5.60 Å². The summed E-state index contributed by atoms with van der Waals surface area (Å²) < 4.78 is 0. The molecular weight excluding hydrogens is 168 g/mol. The molecule has 13 heavy (non-hydrogen) atoms. The van der Waals surface area contributed by atoms with Crippen molar-refractivity contribution in [1.82, 2.24) is 4.90 Å². The van der Waals surface area contributed by atoms with Gasteiger partial charge in [-0.3, -0.25) is 0 Å². The summed E-state index contributed by atoms with van der Waals surface area (Å²) in [5.74, 6) is 2.38. The van der Waals surface area contributed by atoms with Crippen molar-refractivity contribution in [3.63, 3.8) is 0 Å². The molecule has 0 spiro atoms. The molecule has 1 atom stereocenters. The summed E-state index contributed by atoms with van der Waals surface area (Å²) in [5, 5.41) is 9.62. The van der Waals surface area contributed by atoms with Gasteiger partial charge in [0, 0.05) is 20.0 Å². The smallest absolute Gasteiger partial charge is 0.314 e. The number of nitrogens with zero attached hydrogens (tertiary/aromatic N) is 1. The molecule has 1 unspecified atom stereocenters. The lowest BCUT2D eigenvalue weighted by atomic mass is 9.98. The highest BCUT2D eigenvalue weighted by molar-refractivity contribution is 5.71. The van der Waals surface area contributed by atoms with Crippen molar-refractivity contribution in [3.05, 3.63) is 0 Å². The van der Waals surface area contributed by atoms with Gasteiger partial charge in [-0.2, -0.15) is 0 Å². The van der Waals surface area contributed by atoms with Crippen LogP contribution in [0.2, 0.25) is 0 Å². The molecule has 0 bridgehead atoms. The van der Waals surface area contributed by atoms with Gasteiger partial charge in [-0.25, -0.2) is 4.79 Å². The fourth-order valence-electron chi connectivity index (χ4n) is 0.827. The molecule has 0 aliphatic rings. The van der Waals surface area contributed by atoms with E-state index in [1.807, 2.05) is 0 Å². The molecule has 0 fully saturated rings. The van der Waals surface area contributed by atoms with E-state index in [1.54, 1.807) is 14.0 Å². The van der Waals surface area contributed by atoms with Crippen LogP contribution in [-0.2, 0) is 0 Å². The van der Waals surface area contributed by atoms with Crippen LogP contribution in [0, 0.1) is 12.3 Å². The lowest BCUT2D eigenvalue weighted by Gasteiger charge is -2.23. The van der Waals surface area contributed by atoms with E-state index in [9.17, 15) is 9.90 Å². The normalized spacial score (nSPS) is 14.3. The van der Waals surface area contributed by atoms with Crippen LogP contribution in [0.4, 0.5) is 4.79 Å². The lowest BCUT2D eigenvalue weighted by Crippen LogP contribution is -2.37. The predicted molar refractivity (Wildman–Crippen MR) is 50.9 cm³/mol. The van der Waals surface area contributed by atoms with Gasteiger partial charge in [-0.15, -0.1) is 12.3 Å². The Hall–Kier alpha value is -1.21. The minimum Gasteiger partial charge on any atom is -0.389 e. The zero-order valence-electron chi connectivity index (χ0n) is 8.08. The van der Waals surface area contributed by atoms with Gasteiger partial charge in [-0.05, 0) is 13.3 Å². The van der Waals surface area contributed by atoms with E-state index in [4.69, 9.17) is 12.2 Å². The Morgan fingerprint density at radius 3 is 2.69 bits per heavy atom. The summed E-state index contributed by atoms with van der Waals surface area (Å²) in [7, 11) is 1.58. The highest BCUT2D eigenvalue weighted by Crippen LogP contribution is 2.13. The highest BCUT2D eigenvalue weighted by atomic mass is 16.3. The third-order valence-electron chi connectivity index (χ3n) is 1.84. The van der Waals surface area contributed by atoms with Crippen LogP contribution < -0.4 is 5.73 Å². The molecule has 0 saturated carbocycles. The number of urea groups is 1. The number of carbonyl (C=O) groups excluding carboxylic acids is 1. The van der Waals surface area contributed by atoms with Crippen LogP contribution in [0.25, 0.3) is 0 Å². The molecule has 74 valence electrons. The second kappa shape index (κ2) is 4.73. The quantitative estimate of drug-likeness (QED) is 0.611. The van der Waals surface area contributed by atoms with E-state index in [1.165, 1.54) is 4.90 Å². The first kappa shape index (κ1) is 11.8. The Morgan fingerprint density at radius 2 is 2.31 bits per heavy atom. The van der Waals surface area contributed by atoms with Crippen molar-refractivity contribution in [3.8, 4) is 12.3 Å². The number of hydrogen-bond acceptors (Lipinski definition) is 2. The molecule has 0 rings (SSSR count). The number of primary amides is 1. The Kier molecular flexibility index (Phi) is 4.29. The molecule has 0 aliphatic heterocycles. The average Bonchev–Trinajstić information content (AvgIpc) is 2.00. The van der Waals surface area contributed by atoms with Gasteiger partial charge in [-0.1, -0.05) is 0 Å². The predicted octanol–water partition coefficient (Wildman–Crippen LogP) is 0.161. The van der Waals surface area contributed by atoms with E-state index in [-0.39, 0.29) is 6.42 Å². The summed E-state index contributed by atoms with van der Waals surface area (Å²) in [6.45, 7) is 2.05. The largest absolute Gasteiger partial charge is 0.389 e. The van der Waals surface area contributed by atoms with E-state index in [0.717, 1.165) is 0 Å². The first-order chi connectivity index (χ1) is 5.89. The van der Waals surface area contributed by atoms with Crippen molar-refractivity contribution in [2.24, 2.45) is 5.73 Å². The molecule has 2 amide bonds. The topological polar surface area (TPSA) is 66.6 Å². The maximum absolute atomic E-state index is 10.6. The van der Waals surface area contributed by atoms with Crippen molar-refractivity contribution >= 4 is 6.03 Å². The Bertz CT molecular complexity index is 218. The maximum atomic E-state index is 10.6. The molecule has 4 nitrogen and oxygen atoms in total. The van der Waals surface area contributed by atoms with E-state index in [0.29, 0.717) is 13.0 Å². The molecule has 0 aliphatic carbocycles. The van der Waals surface area contributed by atoms with Gasteiger partial charge in [0.1, 0.15) is 0 Å². The van der Waals surface area contributed by atoms with Gasteiger partial charge < -0.3 is 15.7 Å². The lowest BCUT2D eigenvalue weighted by molar-refractivity contribution is 0.0501. The summed E-state index contributed by atoms with van der Waals surface area (Å²) in [6.07, 6.45) is 5.77. The highest BCUT2D eigenvalue weighted by Gasteiger charge is 2.19. The summed E-state index contributed by atoms with van der Waals surface area (Å²) in [6, 6.07) is -0.503. The van der Waals surface area contributed by atoms with Crippen LogP contribution in [0.1, 0.15) is 19.8 Å². The number of aliphatic hydroxyl groups is 1. The van der Waals surface area contributed by atoms with Crippen LogP contribution in [0.15, 0.2) is 0 Å². The maximum Gasteiger partial charge on any atom is 0.314 e. The van der Waals surface area contributed by atoms with Crippen molar-refractivity contribution in [1.29, 1.82) is 0 Å². The average molecular weight is 184 g/mol. The fraction of sp³-hybridized carbons (Fsp3) is 0.667. The second-order valence-corrected chi connectivity index (χ2v) is 3.39. The number of terminal acetylenes is 1. The monoisotopic (exact) mass is 184 g/mol. The Morgan fingerprint density at radius 1 is 1.77 bits per heavy atom. The van der Waals surface area contributed by atoms with Crippen molar-refractivity contribution in [2.45, 2.75) is 25.4 Å². The molecule has 0 saturated heterocycles. The van der Waals surface area contributed by atoms with Crippen LogP contribution in [0.3, 0.4) is 0 Å². The number of amides is 2. The van der Waals surface area contributed by atoms with Gasteiger partial charge >= 0.3 is 6.03 Å². The molecule has 0 heterocycles. The molecule has 0 aromatic carbocycles. The third kappa shape index (κ3) is 5.10. The van der Waals surface area contributed by atoms with E-state index < -0.39 is 11.6 Å². The minimum atomic E-state index is -0.918. The summed E-state index contributed by atoms with van der Waals surface area (Å²) in [4.78, 5) is 11.9. The standard InChI is InChI=1S/C9H16N2O2/c1-4-5-9(2,13)6-7-11(3)8(10)12/h1,13H,5-7H2,2-3H3,(H2,10,12). The van der Waals surface area contributed by atoms with Crippen LogP contribution in [-0.4, -0.2) is 35.2 Å². The second-order valence-electron chi connectivity index (χ2n) is 3.39. The molecule has 0 radical (unpaired) electrons. The zero-order chi connectivity index (χ0) is 10.5. The number of hydrogen-bond donors (Lipinski definition) is 2. The van der Waals surface area contributed by atoms with Crippen molar-refractivity contribution in [2.75, 3.05) is 13.6 Å². The van der Waals surface area contributed by atoms with Crippen LogP contribution >= 0.6 is 0 Å². The number of rotatable bonds is 4. The van der Waals surface area contributed by atoms with E-state index >= 15 is 0 Å². The molecule has 4 heteroatoms. The Balaban J connectivity index is 3.88. The summed E-state index contributed by atoms with van der Waals surface area (Å²) >= 11 is 0. The first-order valence-corrected chi connectivity index (χ1v) is 4.05. The van der Waals surface area contributed by atoms with E-state index in [2.05, 4.69) is 5.92 Å². The minimum absolute atomic E-state index is 0.277. The molecule has 0 aromatic rings. The summed E-state index contributed by atoms with van der Waals surface area (Å²) in [5.41, 5.74) is 4.09. The third-order valence-corrected chi connectivity index (χ3v) is 1.84. The fourth-order valence-corrected chi connectivity index (χ4v) is 0.827. The molecule has 0 aromatic heterocycles. The SMILES string of the molecule is C#CCC(C)(O)CCN(C)C(N)=O. The molecular formula is C9H16N2O2. The van der Waals surface area contributed by atoms with Crippen LogP contribution in [0.5, 0.6) is 0 Å². The van der Waals surface area contributed by atoms with Gasteiger partial charge in [0.25, 0.3) is 0 Å². The van der Waals surface area contributed by atoms with Crippen molar-refractivity contribution < 1.29 is 9.90 Å². The zero-order valence-corrected chi connectivity index (χ0v) is 8.08. The number of nitrogens with two attached hydrogens (primary N) is 1.